The lowest BCUT2D eigenvalue weighted by atomic mass is 10.3. The highest BCUT2D eigenvalue weighted by molar-refractivity contribution is 7.99. The van der Waals surface area contributed by atoms with Crippen LogP contribution < -0.4 is 5.32 Å². The molecule has 0 aliphatic rings. The van der Waals surface area contributed by atoms with Gasteiger partial charge in [-0.15, -0.1) is 5.10 Å². The van der Waals surface area contributed by atoms with Gasteiger partial charge in [0.05, 0.1) is 6.54 Å². The number of aryl methyl sites for hydroxylation is 1. The van der Waals surface area contributed by atoms with E-state index in [-0.39, 0.29) is 0 Å². The molecule has 96 valence electrons. The van der Waals surface area contributed by atoms with Crippen LogP contribution in [-0.2, 0) is 13.6 Å². The molecule has 0 saturated carbocycles. The number of alkyl halides is 2. The summed E-state index contributed by atoms with van der Waals surface area (Å²) in [5.74, 6) is -2.39. The minimum absolute atomic E-state index is 0.538. The average molecular weight is 270 g/mol. The third-order valence-electron chi connectivity index (χ3n) is 2.20. The van der Waals surface area contributed by atoms with Gasteiger partial charge in [0.15, 0.2) is 0 Å². The fraction of sp³-hybridized carbons (Fsp3) is 0.273. The predicted octanol–water partition coefficient (Wildman–Crippen LogP) is 2.74. The zero-order valence-corrected chi connectivity index (χ0v) is 10.5. The van der Waals surface area contributed by atoms with Gasteiger partial charge in [0.2, 0.25) is 0 Å². The van der Waals surface area contributed by atoms with E-state index in [1.165, 1.54) is 0 Å². The van der Waals surface area contributed by atoms with Crippen molar-refractivity contribution in [3.63, 3.8) is 0 Å². The Morgan fingerprint density at radius 3 is 2.61 bits per heavy atom. The first-order valence-corrected chi connectivity index (χ1v) is 6.15. The standard InChI is InChI=1S/C11H12F2N4S/c1-17-7-9(15-16-17)6-14-8-2-4-10(5-3-8)18-11(12)13/h2-5,7,11,14H,6H2,1H3. The SMILES string of the molecule is Cn1cc(CNc2ccc(SC(F)F)cc2)nn1. The first-order valence-electron chi connectivity index (χ1n) is 5.27. The van der Waals surface area contributed by atoms with E-state index >= 15 is 0 Å². The molecule has 0 amide bonds. The van der Waals surface area contributed by atoms with Crippen LogP contribution >= 0.6 is 11.8 Å². The molecule has 1 aromatic heterocycles. The van der Waals surface area contributed by atoms with E-state index in [4.69, 9.17) is 0 Å². The molecule has 0 fully saturated rings. The molecule has 0 aliphatic heterocycles. The fourth-order valence-electron chi connectivity index (χ4n) is 1.42. The van der Waals surface area contributed by atoms with Gasteiger partial charge in [-0.25, -0.2) is 0 Å². The molecule has 1 aromatic carbocycles. The van der Waals surface area contributed by atoms with Gasteiger partial charge in [0.1, 0.15) is 5.69 Å². The summed E-state index contributed by atoms with van der Waals surface area (Å²) in [6.45, 7) is 0.551. The van der Waals surface area contributed by atoms with Crippen LogP contribution in [0.3, 0.4) is 0 Å². The molecule has 2 aromatic rings. The van der Waals surface area contributed by atoms with Crippen molar-refractivity contribution in [3.8, 4) is 0 Å². The summed E-state index contributed by atoms with van der Waals surface area (Å²) in [6, 6.07) is 6.85. The zero-order valence-electron chi connectivity index (χ0n) is 9.68. The number of hydrogen-bond donors (Lipinski definition) is 1. The maximum absolute atomic E-state index is 12.1. The van der Waals surface area contributed by atoms with Crippen molar-refractivity contribution in [1.82, 2.24) is 15.0 Å². The van der Waals surface area contributed by atoms with Crippen LogP contribution in [0.1, 0.15) is 5.69 Å². The number of hydrogen-bond acceptors (Lipinski definition) is 4. The number of benzene rings is 1. The quantitative estimate of drug-likeness (QED) is 0.848. The Morgan fingerprint density at radius 1 is 1.33 bits per heavy atom. The molecule has 18 heavy (non-hydrogen) atoms. The summed E-state index contributed by atoms with van der Waals surface area (Å²) in [6.07, 6.45) is 1.81. The molecule has 4 nitrogen and oxygen atoms in total. The van der Waals surface area contributed by atoms with E-state index in [9.17, 15) is 8.78 Å². The average Bonchev–Trinajstić information content (AvgIpc) is 2.74. The molecule has 0 radical (unpaired) electrons. The number of aromatic nitrogens is 3. The van der Waals surface area contributed by atoms with Crippen molar-refractivity contribution in [3.05, 3.63) is 36.2 Å². The molecule has 0 aliphatic carbocycles. The molecule has 0 unspecified atom stereocenters. The van der Waals surface area contributed by atoms with Gasteiger partial charge in [-0.3, -0.25) is 4.68 Å². The van der Waals surface area contributed by atoms with Gasteiger partial charge in [-0.05, 0) is 24.3 Å². The van der Waals surface area contributed by atoms with Crippen molar-refractivity contribution < 1.29 is 8.78 Å². The van der Waals surface area contributed by atoms with Gasteiger partial charge >= 0.3 is 0 Å². The normalized spacial score (nSPS) is 10.9. The highest BCUT2D eigenvalue weighted by Crippen LogP contribution is 2.26. The summed E-state index contributed by atoms with van der Waals surface area (Å²) in [7, 11) is 1.80. The van der Waals surface area contributed by atoms with E-state index in [0.29, 0.717) is 23.2 Å². The molecule has 7 heteroatoms. The monoisotopic (exact) mass is 270 g/mol. The lowest BCUT2D eigenvalue weighted by Crippen LogP contribution is -1.99. The molecule has 0 bridgehead atoms. The largest absolute Gasteiger partial charge is 0.379 e. The number of rotatable bonds is 5. The van der Waals surface area contributed by atoms with Crippen molar-refractivity contribution in [2.45, 2.75) is 17.2 Å². The second-order valence-corrected chi connectivity index (χ2v) is 4.70. The number of halogens is 2. The second-order valence-electron chi connectivity index (χ2n) is 3.64. The third-order valence-corrected chi connectivity index (χ3v) is 2.93. The second kappa shape index (κ2) is 5.81. The van der Waals surface area contributed by atoms with Crippen molar-refractivity contribution in [1.29, 1.82) is 0 Å². The Bertz CT molecular complexity index is 498. The van der Waals surface area contributed by atoms with Gasteiger partial charge in [-0.1, -0.05) is 17.0 Å². The van der Waals surface area contributed by atoms with Crippen molar-refractivity contribution in [2.75, 3.05) is 5.32 Å². The molecular formula is C11H12F2N4S. The number of nitrogens with zero attached hydrogens (tertiary/aromatic N) is 3. The Labute approximate surface area is 107 Å². The van der Waals surface area contributed by atoms with Crippen LogP contribution in [0.4, 0.5) is 14.5 Å². The number of thioether (sulfide) groups is 1. The summed E-state index contributed by atoms with van der Waals surface area (Å²) in [5.41, 5.74) is 1.68. The zero-order chi connectivity index (χ0) is 13.0. The number of anilines is 1. The molecule has 0 atom stereocenters. The summed E-state index contributed by atoms with van der Waals surface area (Å²) in [4.78, 5) is 0.551. The Hall–Kier alpha value is -1.63. The van der Waals surface area contributed by atoms with Gasteiger partial charge in [0, 0.05) is 23.8 Å². The van der Waals surface area contributed by atoms with Crippen molar-refractivity contribution in [2.24, 2.45) is 7.05 Å². The summed E-state index contributed by atoms with van der Waals surface area (Å²) >= 11 is 0.538. The molecular weight excluding hydrogens is 258 g/mol. The first-order chi connectivity index (χ1) is 8.63. The van der Waals surface area contributed by atoms with E-state index in [1.54, 1.807) is 36.0 Å². The van der Waals surface area contributed by atoms with Crippen molar-refractivity contribution >= 4 is 17.4 Å². The topological polar surface area (TPSA) is 42.7 Å². The number of nitrogens with one attached hydrogen (secondary N) is 1. The van der Waals surface area contributed by atoms with Crippen LogP contribution in [-0.4, -0.2) is 20.8 Å². The van der Waals surface area contributed by atoms with E-state index in [0.717, 1.165) is 11.4 Å². The van der Waals surface area contributed by atoms with E-state index in [2.05, 4.69) is 15.6 Å². The van der Waals surface area contributed by atoms with E-state index < -0.39 is 5.76 Å². The smallest absolute Gasteiger partial charge is 0.288 e. The molecule has 0 spiro atoms. The van der Waals surface area contributed by atoms with Crippen LogP contribution in [0.25, 0.3) is 0 Å². The first kappa shape index (κ1) is 12.8. The third kappa shape index (κ3) is 3.69. The van der Waals surface area contributed by atoms with Gasteiger partial charge < -0.3 is 5.32 Å². The summed E-state index contributed by atoms with van der Waals surface area (Å²) < 4.78 is 25.9. The minimum atomic E-state index is -2.39. The lowest BCUT2D eigenvalue weighted by Gasteiger charge is -2.05. The minimum Gasteiger partial charge on any atom is -0.379 e. The van der Waals surface area contributed by atoms with E-state index in [1.807, 2.05) is 6.20 Å². The molecule has 1 heterocycles. The molecule has 0 saturated heterocycles. The fourth-order valence-corrected chi connectivity index (χ4v) is 1.92. The lowest BCUT2D eigenvalue weighted by molar-refractivity contribution is 0.252. The maximum atomic E-state index is 12.1. The molecule has 2 rings (SSSR count). The highest BCUT2D eigenvalue weighted by Gasteiger charge is 2.04. The Kier molecular flexibility index (Phi) is 4.14. The van der Waals surface area contributed by atoms with Crippen LogP contribution in [0.15, 0.2) is 35.4 Å². The maximum Gasteiger partial charge on any atom is 0.288 e. The van der Waals surface area contributed by atoms with Crippen LogP contribution in [0, 0.1) is 0 Å². The molecule has 1 N–H and O–H groups in total. The summed E-state index contributed by atoms with van der Waals surface area (Å²) in [5, 5.41) is 10.9. The van der Waals surface area contributed by atoms with Gasteiger partial charge in [-0.2, -0.15) is 8.78 Å². The predicted molar refractivity (Wildman–Crippen MR) is 66.6 cm³/mol. The highest BCUT2D eigenvalue weighted by atomic mass is 32.2. The van der Waals surface area contributed by atoms with Crippen LogP contribution in [0.5, 0.6) is 0 Å². The van der Waals surface area contributed by atoms with Gasteiger partial charge in [0.25, 0.3) is 5.76 Å². The Morgan fingerprint density at radius 2 is 2.06 bits per heavy atom. The van der Waals surface area contributed by atoms with Crippen LogP contribution in [0.2, 0.25) is 0 Å². The Balaban J connectivity index is 1.90.